The molecule has 0 bridgehead atoms. The third-order valence-electron chi connectivity index (χ3n) is 5.59. The van der Waals surface area contributed by atoms with Gasteiger partial charge >= 0.3 is 0 Å². The largest absolute Gasteiger partial charge is 0.481 e. The summed E-state index contributed by atoms with van der Waals surface area (Å²) < 4.78 is 5.21. The van der Waals surface area contributed by atoms with Crippen LogP contribution in [0.3, 0.4) is 0 Å². The Morgan fingerprint density at radius 2 is 1.80 bits per heavy atom. The number of nitrogens with zero attached hydrogens (tertiary/aromatic N) is 4. The maximum Gasteiger partial charge on any atom is 0.228 e. The van der Waals surface area contributed by atoms with Crippen molar-refractivity contribution in [2.24, 2.45) is 5.92 Å². The van der Waals surface area contributed by atoms with Crippen LogP contribution in [0, 0.1) is 5.92 Å². The fourth-order valence-corrected chi connectivity index (χ4v) is 4.13. The van der Waals surface area contributed by atoms with Crippen molar-refractivity contribution in [1.29, 1.82) is 0 Å². The van der Waals surface area contributed by atoms with E-state index < -0.39 is 0 Å². The van der Waals surface area contributed by atoms with E-state index >= 15 is 0 Å². The van der Waals surface area contributed by atoms with Crippen LogP contribution in [0.2, 0.25) is 0 Å². The summed E-state index contributed by atoms with van der Waals surface area (Å²) in [5.74, 6) is 0.475. The van der Waals surface area contributed by atoms with Crippen molar-refractivity contribution in [2.45, 2.75) is 39.5 Å². The first-order chi connectivity index (χ1) is 16.7. The molecule has 1 fully saturated rings. The summed E-state index contributed by atoms with van der Waals surface area (Å²) in [6.07, 6.45) is 3.58. The molecule has 4 rings (SSSR count). The number of pyridine rings is 1. The second-order valence-electron chi connectivity index (χ2n) is 9.41. The molecule has 2 atom stereocenters. The van der Waals surface area contributed by atoms with E-state index in [0.29, 0.717) is 25.5 Å². The summed E-state index contributed by atoms with van der Waals surface area (Å²) in [5, 5.41) is 3.91. The Bertz CT molecular complexity index is 1010. The van der Waals surface area contributed by atoms with E-state index in [1.807, 2.05) is 79.8 Å². The second-order valence-corrected chi connectivity index (χ2v) is 9.41. The summed E-state index contributed by atoms with van der Waals surface area (Å²) in [7, 11) is 1.60. The molecular formula is C26H35N5O4. The van der Waals surface area contributed by atoms with Crippen molar-refractivity contribution in [3.05, 3.63) is 60.3 Å². The highest BCUT2D eigenvalue weighted by Crippen LogP contribution is 2.31. The number of aromatic nitrogens is 1. The van der Waals surface area contributed by atoms with Crippen molar-refractivity contribution in [1.82, 2.24) is 20.4 Å². The van der Waals surface area contributed by atoms with Gasteiger partial charge in [0.05, 0.1) is 36.2 Å². The molecule has 188 valence electrons. The standard InChI is InChI=1S/C25H33N5O3.CH2O/c1-18-17-28(33-25(2,3)4)13-14-29(24(18)31)22-15-21(19-9-7-6-8-10-19)30(27-22)20-11-12-23(32-5)26-16-20;1-2/h6-12,15-16,18,22,27H,13-14,17H2,1-5H3;1H2. The number of carbonyl (C=O) groups excluding carboxylic acids is 2. The van der Waals surface area contributed by atoms with Gasteiger partial charge in [-0.25, -0.2) is 10.4 Å². The molecule has 1 aromatic heterocycles. The topological polar surface area (TPSA) is 87.2 Å². The zero-order valence-corrected chi connectivity index (χ0v) is 21.1. The Morgan fingerprint density at radius 1 is 1.09 bits per heavy atom. The highest BCUT2D eigenvalue weighted by atomic mass is 16.7. The predicted octanol–water partition coefficient (Wildman–Crippen LogP) is 3.11. The van der Waals surface area contributed by atoms with Crippen LogP contribution in [0.25, 0.3) is 5.70 Å². The van der Waals surface area contributed by atoms with Crippen molar-refractivity contribution >= 4 is 24.1 Å². The lowest BCUT2D eigenvalue weighted by Gasteiger charge is -2.31. The number of hydroxylamine groups is 2. The van der Waals surface area contributed by atoms with Crippen LogP contribution < -0.4 is 15.2 Å². The second kappa shape index (κ2) is 11.4. The summed E-state index contributed by atoms with van der Waals surface area (Å²) in [4.78, 5) is 33.7. The number of anilines is 1. The van der Waals surface area contributed by atoms with Crippen LogP contribution in [0.5, 0.6) is 5.88 Å². The van der Waals surface area contributed by atoms with Crippen LogP contribution in [0.4, 0.5) is 5.69 Å². The molecule has 1 aromatic carbocycles. The molecule has 9 heteroatoms. The van der Waals surface area contributed by atoms with E-state index in [4.69, 9.17) is 14.4 Å². The Kier molecular flexibility index (Phi) is 8.61. The van der Waals surface area contributed by atoms with Crippen molar-refractivity contribution in [2.75, 3.05) is 31.8 Å². The molecule has 1 amide bonds. The van der Waals surface area contributed by atoms with Gasteiger partial charge in [0, 0.05) is 25.7 Å². The third kappa shape index (κ3) is 6.45. The first-order valence-electron chi connectivity index (χ1n) is 11.6. The quantitative estimate of drug-likeness (QED) is 0.697. The first-order valence-corrected chi connectivity index (χ1v) is 11.6. The van der Waals surface area contributed by atoms with Crippen molar-refractivity contribution in [3.8, 4) is 5.88 Å². The molecule has 3 heterocycles. The van der Waals surface area contributed by atoms with Crippen LogP contribution in [-0.2, 0) is 14.4 Å². The third-order valence-corrected chi connectivity index (χ3v) is 5.59. The molecule has 2 unspecified atom stereocenters. The van der Waals surface area contributed by atoms with Gasteiger partial charge in [0.25, 0.3) is 0 Å². The number of hydrogen-bond donors (Lipinski definition) is 1. The van der Waals surface area contributed by atoms with Gasteiger partial charge in [0.1, 0.15) is 13.0 Å². The van der Waals surface area contributed by atoms with E-state index in [9.17, 15) is 4.79 Å². The van der Waals surface area contributed by atoms with Gasteiger partial charge in [-0.3, -0.25) is 14.6 Å². The molecule has 2 aliphatic rings. The molecule has 0 saturated carbocycles. The van der Waals surface area contributed by atoms with Gasteiger partial charge in [-0.15, -0.1) is 0 Å². The lowest BCUT2D eigenvalue weighted by molar-refractivity contribution is -0.229. The molecule has 0 radical (unpaired) electrons. The molecule has 35 heavy (non-hydrogen) atoms. The maximum absolute atomic E-state index is 13.3. The number of ether oxygens (including phenoxy) is 1. The Morgan fingerprint density at radius 3 is 2.40 bits per heavy atom. The average molecular weight is 482 g/mol. The minimum Gasteiger partial charge on any atom is -0.481 e. The fourth-order valence-electron chi connectivity index (χ4n) is 4.13. The molecule has 1 N–H and O–H groups in total. The molecule has 9 nitrogen and oxygen atoms in total. The van der Waals surface area contributed by atoms with Gasteiger partial charge in [0.2, 0.25) is 11.8 Å². The van der Waals surface area contributed by atoms with Gasteiger partial charge in [0.15, 0.2) is 0 Å². The molecular weight excluding hydrogens is 446 g/mol. The zero-order chi connectivity index (χ0) is 25.6. The number of amides is 1. The van der Waals surface area contributed by atoms with Crippen molar-refractivity contribution in [3.63, 3.8) is 0 Å². The van der Waals surface area contributed by atoms with Crippen molar-refractivity contribution < 1.29 is 19.2 Å². The lowest BCUT2D eigenvalue weighted by atomic mass is 10.1. The Balaban J connectivity index is 0.00000167. The number of carbonyl (C=O) groups is 2. The monoisotopic (exact) mass is 481 g/mol. The SMILES string of the molecule is C=O.COc1ccc(N2NC(N3CCN(OC(C)(C)C)CC(C)C3=O)C=C2c2ccccc2)cn1. The molecule has 2 aliphatic heterocycles. The number of benzene rings is 1. The molecule has 2 aromatic rings. The fraction of sp³-hybridized carbons (Fsp3) is 0.423. The smallest absolute Gasteiger partial charge is 0.228 e. The van der Waals surface area contributed by atoms with E-state index in [1.165, 1.54) is 0 Å². The summed E-state index contributed by atoms with van der Waals surface area (Å²) >= 11 is 0. The van der Waals surface area contributed by atoms with E-state index in [-0.39, 0.29) is 23.6 Å². The molecule has 1 saturated heterocycles. The van der Waals surface area contributed by atoms with E-state index in [0.717, 1.165) is 16.9 Å². The number of rotatable bonds is 5. The number of hydrogen-bond acceptors (Lipinski definition) is 8. The van der Waals surface area contributed by atoms with Crippen LogP contribution in [-0.4, -0.2) is 66.2 Å². The number of hydrazine groups is 1. The Labute approximate surface area is 207 Å². The van der Waals surface area contributed by atoms with Gasteiger partial charge in [-0.1, -0.05) is 37.3 Å². The maximum atomic E-state index is 13.3. The highest BCUT2D eigenvalue weighted by molar-refractivity contribution is 5.84. The predicted molar refractivity (Wildman–Crippen MR) is 135 cm³/mol. The minimum atomic E-state index is -0.303. The van der Waals surface area contributed by atoms with Gasteiger partial charge in [-0.05, 0) is 38.5 Å². The van der Waals surface area contributed by atoms with E-state index in [2.05, 4.69) is 28.6 Å². The zero-order valence-electron chi connectivity index (χ0n) is 21.1. The minimum absolute atomic E-state index is 0.103. The van der Waals surface area contributed by atoms with Crippen LogP contribution in [0.1, 0.15) is 33.3 Å². The summed E-state index contributed by atoms with van der Waals surface area (Å²) in [5.41, 5.74) is 6.09. The van der Waals surface area contributed by atoms with Gasteiger partial charge in [-0.2, -0.15) is 5.06 Å². The van der Waals surface area contributed by atoms with Gasteiger partial charge < -0.3 is 14.4 Å². The average Bonchev–Trinajstić information content (AvgIpc) is 3.24. The highest BCUT2D eigenvalue weighted by Gasteiger charge is 2.36. The van der Waals surface area contributed by atoms with Crippen LogP contribution >= 0.6 is 0 Å². The van der Waals surface area contributed by atoms with E-state index in [1.54, 1.807) is 13.3 Å². The Hall–Kier alpha value is -3.27. The summed E-state index contributed by atoms with van der Waals surface area (Å²) in [6, 6.07) is 13.9. The molecule has 0 aliphatic carbocycles. The number of methoxy groups -OCH3 is 1. The normalized spacial score (nSPS) is 21.2. The summed E-state index contributed by atoms with van der Waals surface area (Å²) in [6.45, 7) is 11.8. The first kappa shape index (κ1) is 26.3. The van der Waals surface area contributed by atoms with Crippen LogP contribution in [0.15, 0.2) is 54.7 Å². The lowest BCUT2D eigenvalue weighted by Crippen LogP contribution is -2.51. The molecule has 0 spiro atoms. The number of nitrogens with one attached hydrogen (secondary N) is 1.